The first kappa shape index (κ1) is 12.8. The van der Waals surface area contributed by atoms with Crippen molar-refractivity contribution < 1.29 is 9.13 Å². The van der Waals surface area contributed by atoms with Crippen molar-refractivity contribution in [2.75, 3.05) is 13.3 Å². The van der Waals surface area contributed by atoms with E-state index in [0.29, 0.717) is 19.1 Å². The van der Waals surface area contributed by atoms with E-state index in [2.05, 4.69) is 21.2 Å². The van der Waals surface area contributed by atoms with Crippen LogP contribution in [0, 0.1) is 0 Å². The molecule has 1 aliphatic rings. The predicted octanol–water partition coefficient (Wildman–Crippen LogP) is 3.44. The van der Waals surface area contributed by atoms with Crippen molar-refractivity contribution in [3.63, 3.8) is 0 Å². The Bertz CT molecular complexity index is 368. The molecule has 0 spiro atoms. The van der Waals surface area contributed by atoms with E-state index >= 15 is 0 Å². The minimum atomic E-state index is -0.333. The van der Waals surface area contributed by atoms with Crippen molar-refractivity contribution in [1.82, 2.24) is 5.32 Å². The molecular formula is C13H17BrFNO. The van der Waals surface area contributed by atoms with Crippen molar-refractivity contribution in [2.45, 2.75) is 31.8 Å². The second-order valence-corrected chi connectivity index (χ2v) is 5.13. The Balaban J connectivity index is 1.98. The molecule has 0 heterocycles. The van der Waals surface area contributed by atoms with Crippen LogP contribution in [-0.2, 0) is 6.54 Å². The van der Waals surface area contributed by atoms with E-state index in [1.807, 2.05) is 18.2 Å². The molecular weight excluding hydrogens is 285 g/mol. The summed E-state index contributed by atoms with van der Waals surface area (Å²) in [7, 11) is 0. The van der Waals surface area contributed by atoms with Gasteiger partial charge in [0.05, 0.1) is 17.8 Å². The number of halogens is 2. The third-order valence-electron chi connectivity index (χ3n) is 2.73. The lowest BCUT2D eigenvalue weighted by molar-refractivity contribution is 0.285. The van der Waals surface area contributed by atoms with Gasteiger partial charge in [0.25, 0.3) is 0 Å². The number of alkyl halides is 1. The Kier molecular flexibility index (Phi) is 4.80. The van der Waals surface area contributed by atoms with E-state index in [9.17, 15) is 4.39 Å². The highest BCUT2D eigenvalue weighted by Crippen LogP contribution is 2.30. The van der Waals surface area contributed by atoms with Crippen molar-refractivity contribution in [1.29, 1.82) is 0 Å². The highest BCUT2D eigenvalue weighted by atomic mass is 79.9. The van der Waals surface area contributed by atoms with E-state index in [4.69, 9.17) is 4.74 Å². The first-order valence-electron chi connectivity index (χ1n) is 6.01. The number of hydrogen-bond acceptors (Lipinski definition) is 2. The van der Waals surface area contributed by atoms with E-state index in [0.717, 1.165) is 22.3 Å². The summed E-state index contributed by atoms with van der Waals surface area (Å²) in [6, 6.07) is 6.67. The minimum absolute atomic E-state index is 0.333. The van der Waals surface area contributed by atoms with Gasteiger partial charge in [0.15, 0.2) is 0 Å². The van der Waals surface area contributed by atoms with Crippen LogP contribution in [0.4, 0.5) is 4.39 Å². The van der Waals surface area contributed by atoms with Gasteiger partial charge in [0, 0.05) is 24.6 Å². The zero-order valence-electron chi connectivity index (χ0n) is 9.72. The smallest absolute Gasteiger partial charge is 0.137 e. The maximum absolute atomic E-state index is 12.1. The molecule has 0 unspecified atom stereocenters. The van der Waals surface area contributed by atoms with E-state index < -0.39 is 0 Å². The molecule has 0 amide bonds. The molecule has 0 radical (unpaired) electrons. The van der Waals surface area contributed by atoms with Crippen molar-refractivity contribution in [3.05, 3.63) is 28.2 Å². The highest BCUT2D eigenvalue weighted by Gasteiger charge is 2.20. The summed E-state index contributed by atoms with van der Waals surface area (Å²) < 4.78 is 18.6. The third-order valence-corrected chi connectivity index (χ3v) is 3.36. The topological polar surface area (TPSA) is 21.3 Å². The van der Waals surface area contributed by atoms with E-state index in [-0.39, 0.29) is 6.67 Å². The van der Waals surface area contributed by atoms with Crippen LogP contribution < -0.4 is 10.1 Å². The molecule has 1 aliphatic carbocycles. The maximum atomic E-state index is 12.1. The lowest BCUT2D eigenvalue weighted by Gasteiger charge is -2.13. The maximum Gasteiger partial charge on any atom is 0.137 e. The molecule has 17 heavy (non-hydrogen) atoms. The second-order valence-electron chi connectivity index (χ2n) is 4.27. The number of hydrogen-bond donors (Lipinski definition) is 1. The Hall–Kier alpha value is -0.610. The van der Waals surface area contributed by atoms with Crippen LogP contribution in [0.1, 0.15) is 24.8 Å². The van der Waals surface area contributed by atoms with Gasteiger partial charge in [-0.3, -0.25) is 4.39 Å². The molecule has 0 saturated heterocycles. The fourth-order valence-electron chi connectivity index (χ4n) is 1.62. The molecule has 0 bridgehead atoms. The number of rotatable bonds is 7. The summed E-state index contributed by atoms with van der Waals surface area (Å²) in [4.78, 5) is 0. The van der Waals surface area contributed by atoms with Gasteiger partial charge in [-0.2, -0.15) is 0 Å². The SMILES string of the molecule is FCCCOc1c(Br)cccc1CNC1CC1. The lowest BCUT2D eigenvalue weighted by atomic mass is 10.2. The van der Waals surface area contributed by atoms with Crippen LogP contribution in [0.15, 0.2) is 22.7 Å². The van der Waals surface area contributed by atoms with Gasteiger partial charge in [-0.05, 0) is 34.8 Å². The molecule has 0 atom stereocenters. The zero-order chi connectivity index (χ0) is 12.1. The van der Waals surface area contributed by atoms with Gasteiger partial charge < -0.3 is 10.1 Å². The van der Waals surface area contributed by atoms with Crippen LogP contribution >= 0.6 is 15.9 Å². The molecule has 94 valence electrons. The largest absolute Gasteiger partial charge is 0.492 e. The van der Waals surface area contributed by atoms with Crippen molar-refractivity contribution in [3.8, 4) is 5.75 Å². The molecule has 1 aromatic carbocycles. The monoisotopic (exact) mass is 301 g/mol. The predicted molar refractivity (Wildman–Crippen MR) is 70.1 cm³/mol. The van der Waals surface area contributed by atoms with Crippen molar-refractivity contribution in [2.24, 2.45) is 0 Å². The number of ether oxygens (including phenoxy) is 1. The van der Waals surface area contributed by atoms with Gasteiger partial charge >= 0.3 is 0 Å². The molecule has 1 aromatic rings. The first-order chi connectivity index (χ1) is 8.31. The standard InChI is InChI=1S/C13H17BrFNO/c14-12-4-1-3-10(9-16-11-5-6-11)13(12)17-8-2-7-15/h1,3-4,11,16H,2,5-9H2. The fourth-order valence-corrected chi connectivity index (χ4v) is 2.15. The Morgan fingerprint density at radius 2 is 2.24 bits per heavy atom. The van der Waals surface area contributed by atoms with Gasteiger partial charge in [-0.1, -0.05) is 12.1 Å². The average molecular weight is 302 g/mol. The normalized spacial score (nSPS) is 14.9. The zero-order valence-corrected chi connectivity index (χ0v) is 11.3. The average Bonchev–Trinajstić information content (AvgIpc) is 3.13. The molecule has 0 aliphatic heterocycles. The summed E-state index contributed by atoms with van der Waals surface area (Å²) in [6.07, 6.45) is 2.98. The van der Waals surface area contributed by atoms with Gasteiger partial charge in [-0.15, -0.1) is 0 Å². The molecule has 1 fully saturated rings. The molecule has 0 aromatic heterocycles. The lowest BCUT2D eigenvalue weighted by Crippen LogP contribution is -2.16. The first-order valence-corrected chi connectivity index (χ1v) is 6.80. The molecule has 2 rings (SSSR count). The van der Waals surface area contributed by atoms with Gasteiger partial charge in [-0.25, -0.2) is 0 Å². The summed E-state index contributed by atoms with van der Waals surface area (Å²) in [5.74, 6) is 0.842. The number of para-hydroxylation sites is 1. The summed E-state index contributed by atoms with van der Waals surface area (Å²) in [5.41, 5.74) is 1.13. The summed E-state index contributed by atoms with van der Waals surface area (Å²) in [5, 5.41) is 3.46. The van der Waals surface area contributed by atoms with E-state index in [1.54, 1.807) is 0 Å². The van der Waals surface area contributed by atoms with Crippen LogP contribution in [0.25, 0.3) is 0 Å². The van der Waals surface area contributed by atoms with Gasteiger partial charge in [0.2, 0.25) is 0 Å². The molecule has 1 N–H and O–H groups in total. The summed E-state index contributed by atoms with van der Waals surface area (Å²) >= 11 is 3.48. The minimum Gasteiger partial charge on any atom is -0.492 e. The van der Waals surface area contributed by atoms with E-state index in [1.165, 1.54) is 12.8 Å². The van der Waals surface area contributed by atoms with Gasteiger partial charge in [0.1, 0.15) is 5.75 Å². The number of nitrogens with one attached hydrogen (secondary N) is 1. The van der Waals surface area contributed by atoms with Crippen LogP contribution in [-0.4, -0.2) is 19.3 Å². The quantitative estimate of drug-likeness (QED) is 0.779. The molecule has 2 nitrogen and oxygen atoms in total. The fraction of sp³-hybridized carbons (Fsp3) is 0.538. The third kappa shape index (κ3) is 3.96. The summed E-state index contributed by atoms with van der Waals surface area (Å²) in [6.45, 7) is 0.907. The van der Waals surface area contributed by atoms with Crippen molar-refractivity contribution >= 4 is 15.9 Å². The second kappa shape index (κ2) is 6.36. The Morgan fingerprint density at radius 1 is 1.41 bits per heavy atom. The molecule has 4 heteroatoms. The van der Waals surface area contributed by atoms with Crippen LogP contribution in [0.5, 0.6) is 5.75 Å². The Morgan fingerprint density at radius 3 is 2.94 bits per heavy atom. The number of benzene rings is 1. The van der Waals surface area contributed by atoms with Crippen LogP contribution in [0.2, 0.25) is 0 Å². The molecule has 1 saturated carbocycles. The highest BCUT2D eigenvalue weighted by molar-refractivity contribution is 9.10. The van der Waals surface area contributed by atoms with Crippen LogP contribution in [0.3, 0.4) is 0 Å². The Labute approximate surface area is 110 Å².